The van der Waals surface area contributed by atoms with Gasteiger partial charge in [-0.2, -0.15) is 4.98 Å². The number of aromatic nitrogens is 2. The summed E-state index contributed by atoms with van der Waals surface area (Å²) in [5.41, 5.74) is 0.261. The van der Waals surface area contributed by atoms with Crippen LogP contribution < -0.4 is 0 Å². The van der Waals surface area contributed by atoms with Gasteiger partial charge in [-0.15, -0.1) is 11.3 Å². The number of nitro benzene ring substituents is 1. The lowest BCUT2D eigenvalue weighted by atomic mass is 10.2. The first-order valence-electron chi connectivity index (χ1n) is 5.47. The van der Waals surface area contributed by atoms with Gasteiger partial charge in [0.15, 0.2) is 0 Å². The molecule has 100 valence electrons. The normalized spacial score (nSPS) is 10.7. The lowest BCUT2D eigenvalue weighted by molar-refractivity contribution is -0.384. The van der Waals surface area contributed by atoms with Gasteiger partial charge in [0.1, 0.15) is 5.02 Å². The summed E-state index contributed by atoms with van der Waals surface area (Å²) in [4.78, 5) is 15.4. The second-order valence-corrected chi connectivity index (χ2v) is 5.18. The first kappa shape index (κ1) is 12.8. The Hall–Kier alpha value is -2.25. The molecule has 0 aliphatic rings. The number of benzene rings is 1. The molecular formula is C12H6ClN3O3S. The van der Waals surface area contributed by atoms with Crippen LogP contribution in [0.15, 0.2) is 40.2 Å². The van der Waals surface area contributed by atoms with Gasteiger partial charge in [-0.25, -0.2) is 0 Å². The Bertz CT molecular complexity index is 770. The molecule has 0 aliphatic heterocycles. The molecule has 0 atom stereocenters. The SMILES string of the molecule is O=[N+]([O-])c1cc(-c2nc(-c3cccs3)no2)ccc1Cl. The minimum Gasteiger partial charge on any atom is -0.334 e. The maximum atomic E-state index is 10.9. The predicted molar refractivity (Wildman–Crippen MR) is 74.7 cm³/mol. The average Bonchev–Trinajstić information content (AvgIpc) is 3.09. The summed E-state index contributed by atoms with van der Waals surface area (Å²) in [6.45, 7) is 0. The van der Waals surface area contributed by atoms with Crippen LogP contribution >= 0.6 is 22.9 Å². The Morgan fingerprint density at radius 2 is 2.20 bits per heavy atom. The molecule has 2 aromatic heterocycles. The molecule has 0 aliphatic carbocycles. The molecule has 0 N–H and O–H groups in total. The van der Waals surface area contributed by atoms with Gasteiger partial charge in [-0.05, 0) is 23.6 Å². The Labute approximate surface area is 121 Å². The molecule has 3 rings (SSSR count). The van der Waals surface area contributed by atoms with Crippen LogP contribution in [-0.4, -0.2) is 15.1 Å². The van der Waals surface area contributed by atoms with E-state index in [1.54, 1.807) is 6.07 Å². The van der Waals surface area contributed by atoms with Crippen molar-refractivity contribution in [2.45, 2.75) is 0 Å². The van der Waals surface area contributed by atoms with E-state index in [0.717, 1.165) is 4.88 Å². The zero-order chi connectivity index (χ0) is 14.1. The highest BCUT2D eigenvalue weighted by Crippen LogP contribution is 2.31. The van der Waals surface area contributed by atoms with Gasteiger partial charge < -0.3 is 4.52 Å². The van der Waals surface area contributed by atoms with Crippen molar-refractivity contribution in [1.29, 1.82) is 0 Å². The molecule has 0 saturated heterocycles. The van der Waals surface area contributed by atoms with E-state index in [0.29, 0.717) is 11.4 Å². The van der Waals surface area contributed by atoms with E-state index in [-0.39, 0.29) is 16.6 Å². The maximum absolute atomic E-state index is 10.9. The predicted octanol–water partition coefficient (Wildman–Crippen LogP) is 4.03. The molecule has 0 fully saturated rings. The van der Waals surface area contributed by atoms with Crippen molar-refractivity contribution in [3.8, 4) is 22.2 Å². The van der Waals surface area contributed by atoms with Crippen LogP contribution in [0.3, 0.4) is 0 Å². The van der Waals surface area contributed by atoms with E-state index < -0.39 is 4.92 Å². The molecule has 0 spiro atoms. The van der Waals surface area contributed by atoms with Gasteiger partial charge in [0, 0.05) is 11.6 Å². The van der Waals surface area contributed by atoms with E-state index >= 15 is 0 Å². The van der Waals surface area contributed by atoms with Crippen molar-refractivity contribution >= 4 is 28.6 Å². The minimum atomic E-state index is -0.553. The smallest absolute Gasteiger partial charge is 0.288 e. The number of thiophene rings is 1. The molecule has 20 heavy (non-hydrogen) atoms. The third kappa shape index (κ3) is 2.28. The lowest BCUT2D eigenvalue weighted by Gasteiger charge is -1.97. The molecule has 8 heteroatoms. The fourth-order valence-electron chi connectivity index (χ4n) is 1.63. The quantitative estimate of drug-likeness (QED) is 0.539. The molecule has 0 bridgehead atoms. The van der Waals surface area contributed by atoms with Gasteiger partial charge in [-0.1, -0.05) is 22.8 Å². The van der Waals surface area contributed by atoms with Crippen molar-refractivity contribution in [1.82, 2.24) is 10.1 Å². The monoisotopic (exact) mass is 307 g/mol. The Morgan fingerprint density at radius 1 is 1.35 bits per heavy atom. The number of rotatable bonds is 3. The molecular weight excluding hydrogens is 302 g/mol. The fraction of sp³-hybridized carbons (Fsp3) is 0. The molecule has 6 nitrogen and oxygen atoms in total. The highest BCUT2D eigenvalue weighted by atomic mass is 35.5. The van der Waals surface area contributed by atoms with Crippen LogP contribution in [0.5, 0.6) is 0 Å². The number of hydrogen-bond donors (Lipinski definition) is 0. The summed E-state index contributed by atoms with van der Waals surface area (Å²) in [6.07, 6.45) is 0. The topological polar surface area (TPSA) is 82.1 Å². The Balaban J connectivity index is 2.02. The first-order valence-corrected chi connectivity index (χ1v) is 6.73. The van der Waals surface area contributed by atoms with Gasteiger partial charge in [0.05, 0.1) is 9.80 Å². The second kappa shape index (κ2) is 5.03. The number of hydrogen-bond acceptors (Lipinski definition) is 6. The Kier molecular flexibility index (Phi) is 3.21. The van der Waals surface area contributed by atoms with Crippen LogP contribution in [0.4, 0.5) is 5.69 Å². The summed E-state index contributed by atoms with van der Waals surface area (Å²) in [7, 11) is 0. The zero-order valence-corrected chi connectivity index (χ0v) is 11.4. The Morgan fingerprint density at radius 3 is 2.90 bits per heavy atom. The summed E-state index contributed by atoms with van der Waals surface area (Å²) in [5.74, 6) is 0.667. The second-order valence-electron chi connectivity index (χ2n) is 3.82. The highest BCUT2D eigenvalue weighted by Gasteiger charge is 2.17. The molecule has 0 saturated carbocycles. The zero-order valence-electron chi connectivity index (χ0n) is 9.82. The molecule has 0 amide bonds. The van der Waals surface area contributed by atoms with E-state index in [2.05, 4.69) is 10.1 Å². The van der Waals surface area contributed by atoms with Crippen LogP contribution in [-0.2, 0) is 0 Å². The fourth-order valence-corrected chi connectivity index (χ4v) is 2.47. The third-order valence-corrected chi connectivity index (χ3v) is 3.74. The molecule has 3 aromatic rings. The van der Waals surface area contributed by atoms with Gasteiger partial charge in [-0.3, -0.25) is 10.1 Å². The standard InChI is InChI=1S/C12H6ClN3O3S/c13-8-4-3-7(6-9(8)16(17)18)12-14-11(15-19-12)10-2-1-5-20-10/h1-6H. The first-order chi connectivity index (χ1) is 9.65. The van der Waals surface area contributed by atoms with Crippen molar-refractivity contribution < 1.29 is 9.45 Å². The van der Waals surface area contributed by atoms with E-state index in [9.17, 15) is 10.1 Å². The van der Waals surface area contributed by atoms with Crippen molar-refractivity contribution in [3.05, 3.63) is 50.8 Å². The third-order valence-electron chi connectivity index (χ3n) is 2.56. The van der Waals surface area contributed by atoms with Crippen LogP contribution in [0, 0.1) is 10.1 Å². The summed E-state index contributed by atoms with van der Waals surface area (Å²) < 4.78 is 5.13. The molecule has 1 aromatic carbocycles. The van der Waals surface area contributed by atoms with E-state index in [4.69, 9.17) is 16.1 Å². The van der Waals surface area contributed by atoms with Gasteiger partial charge in [0.2, 0.25) is 5.82 Å². The maximum Gasteiger partial charge on any atom is 0.288 e. The van der Waals surface area contributed by atoms with Crippen LogP contribution in [0.2, 0.25) is 5.02 Å². The average molecular weight is 308 g/mol. The molecule has 0 unspecified atom stereocenters. The number of nitro groups is 1. The van der Waals surface area contributed by atoms with Gasteiger partial charge >= 0.3 is 0 Å². The van der Waals surface area contributed by atoms with Crippen LogP contribution in [0.25, 0.3) is 22.2 Å². The summed E-state index contributed by atoms with van der Waals surface area (Å²) in [6, 6.07) is 8.09. The van der Waals surface area contributed by atoms with Gasteiger partial charge in [0.25, 0.3) is 11.6 Å². The summed E-state index contributed by atoms with van der Waals surface area (Å²) in [5, 5.41) is 16.7. The van der Waals surface area contributed by atoms with E-state index in [1.165, 1.54) is 23.5 Å². The minimum absolute atomic E-state index is 0.0664. The molecule has 0 radical (unpaired) electrons. The largest absolute Gasteiger partial charge is 0.334 e. The van der Waals surface area contributed by atoms with Crippen LogP contribution in [0.1, 0.15) is 0 Å². The molecule has 2 heterocycles. The highest BCUT2D eigenvalue weighted by molar-refractivity contribution is 7.13. The van der Waals surface area contributed by atoms with Crippen molar-refractivity contribution in [3.63, 3.8) is 0 Å². The summed E-state index contributed by atoms with van der Waals surface area (Å²) >= 11 is 7.24. The lowest BCUT2D eigenvalue weighted by Crippen LogP contribution is -1.90. The number of nitrogens with zero attached hydrogens (tertiary/aromatic N) is 3. The van der Waals surface area contributed by atoms with Crippen molar-refractivity contribution in [2.75, 3.05) is 0 Å². The number of halogens is 1. The van der Waals surface area contributed by atoms with E-state index in [1.807, 2.05) is 17.5 Å². The van der Waals surface area contributed by atoms with Crippen molar-refractivity contribution in [2.24, 2.45) is 0 Å².